The van der Waals surface area contributed by atoms with Crippen molar-refractivity contribution in [3.63, 3.8) is 0 Å². The van der Waals surface area contributed by atoms with Crippen LogP contribution in [0.1, 0.15) is 28.2 Å². The molecule has 2 aromatic heterocycles. The third kappa shape index (κ3) is 2.80. The summed E-state index contributed by atoms with van der Waals surface area (Å²) in [6.45, 7) is 5.44. The van der Waals surface area contributed by atoms with E-state index >= 15 is 0 Å². The van der Waals surface area contributed by atoms with Crippen LogP contribution in [-0.4, -0.2) is 14.8 Å². The minimum absolute atomic E-state index is 0.481. The van der Waals surface area contributed by atoms with E-state index in [9.17, 15) is 0 Å². The number of nitriles is 1. The summed E-state index contributed by atoms with van der Waals surface area (Å²) in [6.07, 6.45) is 1.64. The highest BCUT2D eigenvalue weighted by molar-refractivity contribution is 5.30. The Morgan fingerprint density at radius 3 is 2.79 bits per heavy atom. The maximum Gasteiger partial charge on any atom is 0.144 e. The zero-order valence-corrected chi connectivity index (χ0v) is 11.4. The highest BCUT2D eigenvalue weighted by Crippen LogP contribution is 2.12. The smallest absolute Gasteiger partial charge is 0.144 e. The molecule has 1 N–H and O–H groups in total. The lowest BCUT2D eigenvalue weighted by molar-refractivity contribution is 0.681. The van der Waals surface area contributed by atoms with E-state index in [4.69, 9.17) is 5.26 Å². The molecular formula is C14H17N5. The molecule has 0 aliphatic carbocycles. The molecule has 0 spiro atoms. The Morgan fingerprint density at radius 1 is 1.37 bits per heavy atom. The molecule has 0 saturated carbocycles. The van der Waals surface area contributed by atoms with E-state index in [0.29, 0.717) is 12.2 Å². The molecule has 5 heteroatoms. The van der Waals surface area contributed by atoms with Crippen LogP contribution in [0.3, 0.4) is 0 Å². The molecule has 0 aromatic carbocycles. The van der Waals surface area contributed by atoms with Gasteiger partial charge in [0.05, 0.1) is 5.69 Å². The van der Waals surface area contributed by atoms with E-state index in [1.807, 2.05) is 30.8 Å². The number of hydrogen-bond acceptors (Lipinski definition) is 4. The molecule has 0 aliphatic rings. The molecule has 0 amide bonds. The molecule has 2 rings (SSSR count). The SMILES string of the molecule is Cc1nn(C)c(C)c1CNCc1cccnc1C#N. The predicted octanol–water partition coefficient (Wildman–Crippen LogP) is 1.59. The lowest BCUT2D eigenvalue weighted by Gasteiger charge is -2.06. The normalized spacial score (nSPS) is 10.4. The van der Waals surface area contributed by atoms with Crippen molar-refractivity contribution in [2.75, 3.05) is 0 Å². The second-order valence-corrected chi connectivity index (χ2v) is 4.50. The van der Waals surface area contributed by atoms with Crippen molar-refractivity contribution >= 4 is 0 Å². The summed E-state index contributed by atoms with van der Waals surface area (Å²) in [6, 6.07) is 5.87. The number of rotatable bonds is 4. The van der Waals surface area contributed by atoms with E-state index in [-0.39, 0.29) is 0 Å². The average molecular weight is 255 g/mol. The van der Waals surface area contributed by atoms with Crippen LogP contribution in [0.5, 0.6) is 0 Å². The van der Waals surface area contributed by atoms with Crippen molar-refractivity contribution in [3.05, 3.63) is 46.5 Å². The summed E-state index contributed by atoms with van der Waals surface area (Å²) < 4.78 is 1.89. The molecule has 0 atom stereocenters. The first kappa shape index (κ1) is 13.2. The first-order chi connectivity index (χ1) is 9.13. The van der Waals surface area contributed by atoms with Gasteiger partial charge in [-0.15, -0.1) is 0 Å². The molecule has 0 unspecified atom stereocenters. The summed E-state index contributed by atoms with van der Waals surface area (Å²) in [7, 11) is 1.95. The van der Waals surface area contributed by atoms with Gasteiger partial charge in [0.15, 0.2) is 0 Å². The van der Waals surface area contributed by atoms with Crippen LogP contribution >= 0.6 is 0 Å². The molecule has 19 heavy (non-hydrogen) atoms. The summed E-state index contributed by atoms with van der Waals surface area (Å²) in [5.74, 6) is 0. The zero-order valence-electron chi connectivity index (χ0n) is 11.4. The van der Waals surface area contributed by atoms with Crippen LogP contribution in [0, 0.1) is 25.2 Å². The number of nitrogens with one attached hydrogen (secondary N) is 1. The van der Waals surface area contributed by atoms with Gasteiger partial charge in [0, 0.05) is 43.2 Å². The molecule has 98 valence electrons. The average Bonchev–Trinajstić information content (AvgIpc) is 2.65. The Hall–Kier alpha value is -2.19. The summed E-state index contributed by atoms with van der Waals surface area (Å²) in [4.78, 5) is 4.04. The Labute approximate surface area is 112 Å². The molecule has 5 nitrogen and oxygen atoms in total. The minimum atomic E-state index is 0.481. The molecular weight excluding hydrogens is 238 g/mol. The monoisotopic (exact) mass is 255 g/mol. The molecule has 2 heterocycles. The van der Waals surface area contributed by atoms with E-state index < -0.39 is 0 Å². The molecule has 0 bridgehead atoms. The van der Waals surface area contributed by atoms with Gasteiger partial charge < -0.3 is 5.32 Å². The van der Waals surface area contributed by atoms with Crippen molar-refractivity contribution in [1.29, 1.82) is 5.26 Å². The third-order valence-electron chi connectivity index (χ3n) is 3.27. The van der Waals surface area contributed by atoms with Crippen molar-refractivity contribution < 1.29 is 0 Å². The quantitative estimate of drug-likeness (QED) is 0.901. The fourth-order valence-electron chi connectivity index (χ4n) is 2.08. The molecule has 0 saturated heterocycles. The first-order valence-electron chi connectivity index (χ1n) is 6.17. The van der Waals surface area contributed by atoms with Crippen LogP contribution in [0.15, 0.2) is 18.3 Å². The molecule has 2 aromatic rings. The van der Waals surface area contributed by atoms with Crippen LogP contribution in [0.2, 0.25) is 0 Å². The van der Waals surface area contributed by atoms with Crippen molar-refractivity contribution in [2.24, 2.45) is 7.05 Å². The zero-order chi connectivity index (χ0) is 13.8. The lowest BCUT2D eigenvalue weighted by atomic mass is 10.1. The third-order valence-corrected chi connectivity index (χ3v) is 3.27. The van der Waals surface area contributed by atoms with Crippen LogP contribution in [-0.2, 0) is 20.1 Å². The number of aromatic nitrogens is 3. The Bertz CT molecular complexity index is 621. The number of pyridine rings is 1. The fourth-order valence-corrected chi connectivity index (χ4v) is 2.08. The van der Waals surface area contributed by atoms with Crippen molar-refractivity contribution in [2.45, 2.75) is 26.9 Å². The van der Waals surface area contributed by atoms with E-state index in [2.05, 4.69) is 28.4 Å². The molecule has 0 fully saturated rings. The van der Waals surface area contributed by atoms with Gasteiger partial charge in [0.25, 0.3) is 0 Å². The Morgan fingerprint density at radius 2 is 2.16 bits per heavy atom. The van der Waals surface area contributed by atoms with Gasteiger partial charge in [0.1, 0.15) is 11.8 Å². The van der Waals surface area contributed by atoms with Crippen LogP contribution < -0.4 is 5.32 Å². The summed E-state index contributed by atoms with van der Waals surface area (Å²) >= 11 is 0. The number of aryl methyl sites for hydroxylation is 2. The largest absolute Gasteiger partial charge is 0.308 e. The molecule has 0 aliphatic heterocycles. The Kier molecular flexibility index (Phi) is 3.93. The second-order valence-electron chi connectivity index (χ2n) is 4.50. The van der Waals surface area contributed by atoms with Gasteiger partial charge in [-0.2, -0.15) is 10.4 Å². The summed E-state index contributed by atoms with van der Waals surface area (Å²) in [5, 5.41) is 16.7. The van der Waals surface area contributed by atoms with Gasteiger partial charge in [-0.25, -0.2) is 4.98 Å². The summed E-state index contributed by atoms with van der Waals surface area (Å²) in [5.41, 5.74) is 4.82. The Balaban J connectivity index is 2.03. The molecule has 0 radical (unpaired) electrons. The van der Waals surface area contributed by atoms with Gasteiger partial charge in [-0.3, -0.25) is 4.68 Å². The second kappa shape index (κ2) is 5.63. The lowest BCUT2D eigenvalue weighted by Crippen LogP contribution is -2.15. The predicted molar refractivity (Wildman–Crippen MR) is 72.2 cm³/mol. The van der Waals surface area contributed by atoms with Gasteiger partial charge in [-0.1, -0.05) is 6.07 Å². The standard InChI is InChI=1S/C14H17N5/c1-10-13(11(2)19(3)18-10)9-16-8-12-5-4-6-17-14(12)7-15/h4-6,16H,8-9H2,1-3H3. The topological polar surface area (TPSA) is 66.5 Å². The number of hydrogen-bond donors (Lipinski definition) is 1. The highest BCUT2D eigenvalue weighted by atomic mass is 15.3. The van der Waals surface area contributed by atoms with Gasteiger partial charge in [0.2, 0.25) is 0 Å². The van der Waals surface area contributed by atoms with Gasteiger partial charge >= 0.3 is 0 Å². The van der Waals surface area contributed by atoms with Crippen molar-refractivity contribution in [3.8, 4) is 6.07 Å². The van der Waals surface area contributed by atoms with E-state index in [0.717, 1.165) is 23.5 Å². The number of nitrogens with zero attached hydrogens (tertiary/aromatic N) is 4. The highest BCUT2D eigenvalue weighted by Gasteiger charge is 2.09. The maximum absolute atomic E-state index is 8.97. The fraction of sp³-hybridized carbons (Fsp3) is 0.357. The van der Waals surface area contributed by atoms with Crippen LogP contribution in [0.4, 0.5) is 0 Å². The van der Waals surface area contributed by atoms with Crippen molar-refractivity contribution in [1.82, 2.24) is 20.1 Å². The first-order valence-corrected chi connectivity index (χ1v) is 6.17. The van der Waals surface area contributed by atoms with E-state index in [1.165, 1.54) is 5.56 Å². The van der Waals surface area contributed by atoms with E-state index in [1.54, 1.807) is 6.20 Å². The maximum atomic E-state index is 8.97. The van der Waals surface area contributed by atoms with Gasteiger partial charge in [-0.05, 0) is 19.9 Å². The van der Waals surface area contributed by atoms with Crippen LogP contribution in [0.25, 0.3) is 0 Å². The minimum Gasteiger partial charge on any atom is -0.308 e.